The topological polar surface area (TPSA) is 70.0 Å². The maximum absolute atomic E-state index is 11.3. The second-order valence-electron chi connectivity index (χ2n) is 2.10. The predicted molar refractivity (Wildman–Crippen MR) is 44.8 cm³/mol. The molecule has 0 saturated carbocycles. The van der Waals surface area contributed by atoms with E-state index in [1.165, 1.54) is 12.1 Å². The monoisotopic (exact) mass is 184 g/mol. The van der Waals surface area contributed by atoms with Gasteiger partial charge >= 0.3 is 0 Å². The SMILES string of the molecule is N=S(=O)(NC=O)c1ccccc1. The van der Waals surface area contributed by atoms with Crippen LogP contribution in [0.15, 0.2) is 35.2 Å². The summed E-state index contributed by atoms with van der Waals surface area (Å²) in [4.78, 5) is 10.3. The molecule has 0 aromatic heterocycles. The molecule has 0 radical (unpaired) electrons. The number of carbonyl (C=O) groups excluding carboxylic acids is 1. The van der Waals surface area contributed by atoms with Crippen LogP contribution in [-0.4, -0.2) is 10.6 Å². The zero-order chi connectivity index (χ0) is 9.03. The van der Waals surface area contributed by atoms with E-state index < -0.39 is 9.92 Å². The molecule has 1 unspecified atom stereocenters. The number of rotatable bonds is 3. The zero-order valence-electron chi connectivity index (χ0n) is 6.19. The van der Waals surface area contributed by atoms with Gasteiger partial charge in [0.05, 0.1) is 4.90 Å². The third-order valence-electron chi connectivity index (χ3n) is 1.29. The van der Waals surface area contributed by atoms with Gasteiger partial charge < -0.3 is 0 Å². The van der Waals surface area contributed by atoms with Crippen LogP contribution in [0.25, 0.3) is 0 Å². The van der Waals surface area contributed by atoms with Crippen molar-refractivity contribution >= 4 is 16.3 Å². The lowest BCUT2D eigenvalue weighted by molar-refractivity contribution is -0.108. The summed E-state index contributed by atoms with van der Waals surface area (Å²) in [5, 5.41) is 0. The Labute approximate surface area is 70.7 Å². The Morgan fingerprint density at radius 3 is 2.42 bits per heavy atom. The summed E-state index contributed by atoms with van der Waals surface area (Å²) < 4.78 is 20.5. The average Bonchev–Trinajstić information content (AvgIpc) is 2.06. The standard InChI is InChI=1S/C7H8N2O2S/c8-12(11,9-6-10)7-4-2-1-3-5-7/h1-6H,(H2,8,9,10,11). The largest absolute Gasteiger partial charge is 0.278 e. The summed E-state index contributed by atoms with van der Waals surface area (Å²) in [5.41, 5.74) is 0. The molecule has 1 aromatic carbocycles. The summed E-state index contributed by atoms with van der Waals surface area (Å²) in [5.74, 6) is 0. The highest BCUT2D eigenvalue weighted by molar-refractivity contribution is 7.91. The van der Waals surface area contributed by atoms with Crippen molar-refractivity contribution < 1.29 is 9.00 Å². The van der Waals surface area contributed by atoms with Crippen LogP contribution >= 0.6 is 0 Å². The zero-order valence-corrected chi connectivity index (χ0v) is 7.01. The summed E-state index contributed by atoms with van der Waals surface area (Å²) >= 11 is 0. The van der Waals surface area contributed by atoms with Gasteiger partial charge in [0, 0.05) is 0 Å². The molecule has 5 heteroatoms. The molecule has 0 aliphatic rings. The van der Waals surface area contributed by atoms with Gasteiger partial charge in [-0.2, -0.15) is 0 Å². The Kier molecular flexibility index (Phi) is 2.44. The van der Waals surface area contributed by atoms with Crippen LogP contribution in [0.1, 0.15) is 0 Å². The lowest BCUT2D eigenvalue weighted by Crippen LogP contribution is -2.20. The molecule has 2 N–H and O–H groups in total. The van der Waals surface area contributed by atoms with Gasteiger partial charge in [0.2, 0.25) is 6.41 Å². The average molecular weight is 184 g/mol. The van der Waals surface area contributed by atoms with Crippen molar-refractivity contribution in [2.45, 2.75) is 4.90 Å². The summed E-state index contributed by atoms with van der Waals surface area (Å²) in [6.45, 7) is 0. The van der Waals surface area contributed by atoms with E-state index in [-0.39, 0.29) is 6.41 Å². The van der Waals surface area contributed by atoms with Crippen molar-refractivity contribution in [1.29, 1.82) is 4.78 Å². The fourth-order valence-electron chi connectivity index (χ4n) is 0.748. The quantitative estimate of drug-likeness (QED) is 0.680. The van der Waals surface area contributed by atoms with Crippen LogP contribution in [0.3, 0.4) is 0 Å². The van der Waals surface area contributed by atoms with E-state index >= 15 is 0 Å². The van der Waals surface area contributed by atoms with E-state index in [1.807, 2.05) is 4.72 Å². The van der Waals surface area contributed by atoms with Crippen molar-refractivity contribution in [2.75, 3.05) is 0 Å². The van der Waals surface area contributed by atoms with Crippen molar-refractivity contribution in [3.05, 3.63) is 30.3 Å². The van der Waals surface area contributed by atoms with Crippen LogP contribution < -0.4 is 4.72 Å². The Bertz CT molecular complexity index is 358. The predicted octanol–water partition coefficient (Wildman–Crippen LogP) is 0.753. The molecular formula is C7H8N2O2S. The minimum atomic E-state index is -3.13. The van der Waals surface area contributed by atoms with Crippen molar-refractivity contribution in [3.63, 3.8) is 0 Å². The smallest absolute Gasteiger partial charge is 0.219 e. The van der Waals surface area contributed by atoms with Crippen LogP contribution in [0.5, 0.6) is 0 Å². The lowest BCUT2D eigenvalue weighted by atomic mass is 10.4. The van der Waals surface area contributed by atoms with Crippen molar-refractivity contribution in [3.8, 4) is 0 Å². The van der Waals surface area contributed by atoms with Crippen molar-refractivity contribution in [2.24, 2.45) is 0 Å². The molecule has 0 aliphatic heterocycles. The Balaban J connectivity index is 3.07. The molecule has 1 atom stereocenters. The highest BCUT2D eigenvalue weighted by Gasteiger charge is 2.05. The second-order valence-corrected chi connectivity index (χ2v) is 3.92. The van der Waals surface area contributed by atoms with Gasteiger partial charge in [0.15, 0.2) is 9.92 Å². The summed E-state index contributed by atoms with van der Waals surface area (Å²) in [6, 6.07) is 8.14. The molecule has 0 bridgehead atoms. The third-order valence-corrected chi connectivity index (χ3v) is 2.65. The van der Waals surface area contributed by atoms with Crippen molar-refractivity contribution in [1.82, 2.24) is 4.72 Å². The van der Waals surface area contributed by atoms with Gasteiger partial charge in [-0.3, -0.25) is 9.52 Å². The third kappa shape index (κ3) is 1.82. The molecule has 1 aromatic rings. The highest BCUT2D eigenvalue weighted by Crippen LogP contribution is 2.06. The number of nitrogens with one attached hydrogen (secondary N) is 2. The van der Waals surface area contributed by atoms with Crippen LogP contribution in [0, 0.1) is 4.78 Å². The first-order valence-electron chi connectivity index (χ1n) is 3.21. The first kappa shape index (κ1) is 8.73. The van der Waals surface area contributed by atoms with Gasteiger partial charge in [0.25, 0.3) is 0 Å². The summed E-state index contributed by atoms with van der Waals surface area (Å²) in [7, 11) is -3.13. The number of hydrogen-bond donors (Lipinski definition) is 2. The molecule has 0 saturated heterocycles. The van der Waals surface area contributed by atoms with Gasteiger partial charge in [-0.25, -0.2) is 8.99 Å². The molecule has 4 nitrogen and oxygen atoms in total. The van der Waals surface area contributed by atoms with Crippen LogP contribution in [-0.2, 0) is 14.7 Å². The molecule has 64 valence electrons. The molecule has 0 heterocycles. The van der Waals surface area contributed by atoms with E-state index in [4.69, 9.17) is 4.78 Å². The number of carbonyl (C=O) groups is 1. The molecule has 0 aliphatic carbocycles. The first-order valence-corrected chi connectivity index (χ1v) is 4.77. The minimum absolute atomic E-state index is 0.266. The minimum Gasteiger partial charge on any atom is -0.278 e. The van der Waals surface area contributed by atoms with Gasteiger partial charge in [0.1, 0.15) is 0 Å². The maximum Gasteiger partial charge on any atom is 0.219 e. The molecular weight excluding hydrogens is 176 g/mol. The maximum atomic E-state index is 11.3. The van der Waals surface area contributed by atoms with E-state index in [2.05, 4.69) is 0 Å². The van der Waals surface area contributed by atoms with Crippen LogP contribution in [0.4, 0.5) is 0 Å². The molecule has 12 heavy (non-hydrogen) atoms. The lowest BCUT2D eigenvalue weighted by Gasteiger charge is -2.03. The first-order chi connectivity index (χ1) is 5.67. The van der Waals surface area contributed by atoms with E-state index in [0.29, 0.717) is 4.90 Å². The van der Waals surface area contributed by atoms with E-state index in [9.17, 15) is 9.00 Å². The normalized spacial score (nSPS) is 14.7. The molecule has 0 fully saturated rings. The Hall–Kier alpha value is -1.36. The summed E-state index contributed by atoms with van der Waals surface area (Å²) in [6.07, 6.45) is 0.266. The fourth-order valence-corrected chi connectivity index (χ4v) is 1.56. The van der Waals surface area contributed by atoms with E-state index in [0.717, 1.165) is 0 Å². The Morgan fingerprint density at radius 1 is 1.33 bits per heavy atom. The van der Waals surface area contributed by atoms with Crippen LogP contribution in [0.2, 0.25) is 0 Å². The molecule has 0 spiro atoms. The van der Waals surface area contributed by atoms with E-state index in [1.54, 1.807) is 18.2 Å². The molecule has 1 rings (SSSR count). The molecule has 1 amide bonds. The highest BCUT2D eigenvalue weighted by atomic mass is 32.2. The van der Waals surface area contributed by atoms with Gasteiger partial charge in [-0.05, 0) is 12.1 Å². The number of hydrogen-bond acceptors (Lipinski definition) is 3. The number of amides is 1. The Morgan fingerprint density at radius 2 is 1.92 bits per heavy atom. The van der Waals surface area contributed by atoms with Gasteiger partial charge in [-0.1, -0.05) is 18.2 Å². The van der Waals surface area contributed by atoms with Gasteiger partial charge in [-0.15, -0.1) is 0 Å². The number of benzene rings is 1. The fraction of sp³-hybridized carbons (Fsp3) is 0. The second kappa shape index (κ2) is 3.36.